The number of aromatic nitrogens is 4. The third kappa shape index (κ3) is 4.95. The highest BCUT2D eigenvalue weighted by molar-refractivity contribution is 5.78. The number of nitrogens with zero attached hydrogens (tertiary/aromatic N) is 5. The molecule has 2 aromatic heterocycles. The van der Waals surface area contributed by atoms with Gasteiger partial charge in [0.2, 0.25) is 5.95 Å². The van der Waals surface area contributed by atoms with Gasteiger partial charge in [-0.1, -0.05) is 6.08 Å². The molecule has 12 heteroatoms. The second-order valence-electron chi connectivity index (χ2n) is 7.48. The molecule has 2 aromatic rings. The zero-order valence-electron chi connectivity index (χ0n) is 16.5. The zero-order valence-corrected chi connectivity index (χ0v) is 16.5. The number of aliphatic hydroxyl groups excluding tert-OH is 1. The number of amides is 2. The number of alkyl halides is 3. The first kappa shape index (κ1) is 21.1. The van der Waals surface area contributed by atoms with E-state index < -0.39 is 18.8 Å². The van der Waals surface area contributed by atoms with E-state index in [2.05, 4.69) is 20.4 Å². The summed E-state index contributed by atoms with van der Waals surface area (Å²) in [5.74, 6) is 0.375. The van der Waals surface area contributed by atoms with Gasteiger partial charge in [0.1, 0.15) is 6.54 Å². The molecule has 2 unspecified atom stereocenters. The van der Waals surface area contributed by atoms with Crippen LogP contribution in [-0.4, -0.2) is 67.2 Å². The number of hydrogen-bond donors (Lipinski definition) is 3. The lowest BCUT2D eigenvalue weighted by Gasteiger charge is -2.34. The van der Waals surface area contributed by atoms with Crippen molar-refractivity contribution in [3.63, 3.8) is 0 Å². The second-order valence-corrected chi connectivity index (χ2v) is 7.48. The first-order chi connectivity index (χ1) is 14.8. The predicted molar refractivity (Wildman–Crippen MR) is 105 cm³/mol. The SMILES string of the molecule is O=C(NCC(F)(F)F)N1C2C=C(c3ccnc(Nc4cnn(CCO)c4)n3)CC1CC2. The molecule has 1 fully saturated rings. The van der Waals surface area contributed by atoms with Gasteiger partial charge < -0.3 is 20.6 Å². The molecule has 0 spiro atoms. The Hall–Kier alpha value is -3.15. The first-order valence-electron chi connectivity index (χ1n) is 9.90. The Bertz CT molecular complexity index is 975. The van der Waals surface area contributed by atoms with Crippen LogP contribution < -0.4 is 10.6 Å². The summed E-state index contributed by atoms with van der Waals surface area (Å²) < 4.78 is 38.9. The summed E-state index contributed by atoms with van der Waals surface area (Å²) in [6, 6.07) is 0.654. The standard InChI is InChI=1S/C19H22F3N7O2/c20-19(21,22)11-24-18(31)29-14-1-2-15(29)8-12(7-14)16-3-4-23-17(27-16)26-13-9-25-28(10-13)5-6-30/h3-4,7,9-10,14-15,30H,1-2,5-6,8,11H2,(H,24,31)(H,23,26,27). The fourth-order valence-electron chi connectivity index (χ4n) is 3.98. The van der Waals surface area contributed by atoms with Gasteiger partial charge in [0, 0.05) is 18.4 Å². The summed E-state index contributed by atoms with van der Waals surface area (Å²) in [6.45, 7) is -0.978. The maximum atomic E-state index is 12.4. The van der Waals surface area contributed by atoms with E-state index in [4.69, 9.17) is 5.11 Å². The summed E-state index contributed by atoms with van der Waals surface area (Å²) in [7, 11) is 0. The van der Waals surface area contributed by atoms with Crippen molar-refractivity contribution in [2.45, 2.75) is 44.1 Å². The number of nitrogens with one attached hydrogen (secondary N) is 2. The van der Waals surface area contributed by atoms with Crippen LogP contribution >= 0.6 is 0 Å². The van der Waals surface area contributed by atoms with Gasteiger partial charge in [-0.05, 0) is 30.9 Å². The molecular formula is C19H22F3N7O2. The minimum Gasteiger partial charge on any atom is -0.394 e. The van der Waals surface area contributed by atoms with Crippen molar-refractivity contribution in [3.05, 3.63) is 36.4 Å². The summed E-state index contributed by atoms with van der Waals surface area (Å²) in [5, 5.41) is 18.1. The van der Waals surface area contributed by atoms with Crippen molar-refractivity contribution in [1.29, 1.82) is 0 Å². The highest BCUT2D eigenvalue weighted by Gasteiger charge is 2.41. The second kappa shape index (κ2) is 8.53. The molecule has 166 valence electrons. The number of aliphatic hydroxyl groups is 1. The summed E-state index contributed by atoms with van der Waals surface area (Å²) in [6.07, 6.45) is 4.35. The highest BCUT2D eigenvalue weighted by atomic mass is 19.4. The minimum atomic E-state index is -4.44. The predicted octanol–water partition coefficient (Wildman–Crippen LogP) is 2.30. The van der Waals surface area contributed by atoms with Gasteiger partial charge in [-0.15, -0.1) is 0 Å². The van der Waals surface area contributed by atoms with Crippen LogP contribution in [0.1, 0.15) is 25.0 Å². The lowest BCUT2D eigenvalue weighted by molar-refractivity contribution is -0.123. The van der Waals surface area contributed by atoms with E-state index >= 15 is 0 Å². The van der Waals surface area contributed by atoms with Crippen LogP contribution in [0.15, 0.2) is 30.7 Å². The fraction of sp³-hybridized carbons (Fsp3) is 0.474. The monoisotopic (exact) mass is 437 g/mol. The number of anilines is 2. The van der Waals surface area contributed by atoms with Crippen molar-refractivity contribution in [3.8, 4) is 0 Å². The lowest BCUT2D eigenvalue weighted by Crippen LogP contribution is -2.50. The van der Waals surface area contributed by atoms with Crippen molar-refractivity contribution in [2.75, 3.05) is 18.5 Å². The number of carbonyl (C=O) groups is 1. The molecule has 4 rings (SSSR count). The maximum absolute atomic E-state index is 12.4. The van der Waals surface area contributed by atoms with Gasteiger partial charge in [-0.3, -0.25) is 4.68 Å². The van der Waals surface area contributed by atoms with Gasteiger partial charge >= 0.3 is 12.2 Å². The Morgan fingerprint density at radius 1 is 1.32 bits per heavy atom. The molecule has 1 saturated heterocycles. The number of fused-ring (bicyclic) bond motifs is 2. The van der Waals surface area contributed by atoms with Crippen LogP contribution in [-0.2, 0) is 6.54 Å². The fourth-order valence-corrected chi connectivity index (χ4v) is 3.98. The average Bonchev–Trinajstić information content (AvgIpc) is 3.27. The van der Waals surface area contributed by atoms with E-state index in [-0.39, 0.29) is 18.7 Å². The first-order valence-corrected chi connectivity index (χ1v) is 9.90. The Morgan fingerprint density at radius 2 is 2.16 bits per heavy atom. The Morgan fingerprint density at radius 3 is 2.90 bits per heavy atom. The van der Waals surface area contributed by atoms with Crippen LogP contribution in [0.25, 0.3) is 5.57 Å². The number of rotatable bonds is 6. The topological polar surface area (TPSA) is 108 Å². The average molecular weight is 437 g/mol. The molecule has 2 aliphatic heterocycles. The number of halogens is 3. The van der Waals surface area contributed by atoms with E-state index in [9.17, 15) is 18.0 Å². The summed E-state index contributed by atoms with van der Waals surface area (Å²) in [4.78, 5) is 22.5. The van der Waals surface area contributed by atoms with E-state index in [0.717, 1.165) is 12.0 Å². The molecule has 0 aromatic carbocycles. The molecule has 3 N–H and O–H groups in total. The van der Waals surface area contributed by atoms with E-state index in [0.29, 0.717) is 36.7 Å². The number of carbonyl (C=O) groups excluding carboxylic acids is 1. The van der Waals surface area contributed by atoms with Crippen LogP contribution in [0, 0.1) is 0 Å². The molecule has 2 bridgehead atoms. The maximum Gasteiger partial charge on any atom is 0.405 e. The third-order valence-corrected chi connectivity index (χ3v) is 5.27. The quantitative estimate of drug-likeness (QED) is 0.640. The normalized spacial score (nSPS) is 20.5. The van der Waals surface area contributed by atoms with Crippen molar-refractivity contribution < 1.29 is 23.1 Å². The molecule has 2 amide bonds. The largest absolute Gasteiger partial charge is 0.405 e. The summed E-state index contributed by atoms with van der Waals surface area (Å²) >= 11 is 0. The van der Waals surface area contributed by atoms with Crippen molar-refractivity contribution in [1.82, 2.24) is 30.0 Å². The van der Waals surface area contributed by atoms with Gasteiger partial charge in [-0.2, -0.15) is 18.3 Å². The van der Waals surface area contributed by atoms with Crippen molar-refractivity contribution in [2.24, 2.45) is 0 Å². The van der Waals surface area contributed by atoms with Crippen LogP contribution in [0.4, 0.5) is 29.6 Å². The number of urea groups is 1. The van der Waals surface area contributed by atoms with Gasteiger partial charge in [0.05, 0.1) is 36.8 Å². The summed E-state index contributed by atoms with van der Waals surface area (Å²) in [5.41, 5.74) is 2.32. The van der Waals surface area contributed by atoms with Gasteiger partial charge in [-0.25, -0.2) is 14.8 Å². The molecule has 0 saturated carbocycles. The molecule has 9 nitrogen and oxygen atoms in total. The van der Waals surface area contributed by atoms with E-state index in [1.165, 1.54) is 4.90 Å². The molecule has 2 atom stereocenters. The highest BCUT2D eigenvalue weighted by Crippen LogP contribution is 2.38. The Balaban J connectivity index is 1.46. The van der Waals surface area contributed by atoms with Gasteiger partial charge in [0.25, 0.3) is 0 Å². The molecule has 4 heterocycles. The van der Waals surface area contributed by atoms with E-state index in [1.54, 1.807) is 29.3 Å². The van der Waals surface area contributed by atoms with Crippen LogP contribution in [0.3, 0.4) is 0 Å². The third-order valence-electron chi connectivity index (χ3n) is 5.27. The number of hydrogen-bond acceptors (Lipinski definition) is 6. The minimum absolute atomic E-state index is 0.0190. The van der Waals surface area contributed by atoms with Gasteiger partial charge in [0.15, 0.2) is 0 Å². The molecule has 0 aliphatic carbocycles. The molecule has 0 radical (unpaired) electrons. The molecule has 2 aliphatic rings. The smallest absolute Gasteiger partial charge is 0.394 e. The van der Waals surface area contributed by atoms with Crippen LogP contribution in [0.5, 0.6) is 0 Å². The zero-order chi connectivity index (χ0) is 22.0. The Labute approximate surface area is 176 Å². The van der Waals surface area contributed by atoms with Crippen molar-refractivity contribution >= 4 is 23.2 Å². The molecule has 31 heavy (non-hydrogen) atoms. The van der Waals surface area contributed by atoms with E-state index in [1.807, 2.05) is 11.4 Å². The van der Waals surface area contributed by atoms with Crippen LogP contribution in [0.2, 0.25) is 0 Å². The molecular weight excluding hydrogens is 415 g/mol. The Kier molecular flexibility index (Phi) is 5.81. The lowest BCUT2D eigenvalue weighted by atomic mass is 9.98.